The molecule has 0 amide bonds. The van der Waals surface area contributed by atoms with Crippen molar-refractivity contribution in [3.05, 3.63) is 39.6 Å². The zero-order valence-electron chi connectivity index (χ0n) is 14.9. The van der Waals surface area contributed by atoms with Gasteiger partial charge in [0, 0.05) is 12.1 Å². The van der Waals surface area contributed by atoms with Gasteiger partial charge in [0.15, 0.2) is 0 Å². The van der Waals surface area contributed by atoms with E-state index in [1.807, 2.05) is 27.7 Å². The molecule has 2 N–H and O–H groups in total. The van der Waals surface area contributed by atoms with Crippen LogP contribution in [-0.2, 0) is 9.31 Å². The summed E-state index contributed by atoms with van der Waals surface area (Å²) in [5.74, 6) is -1.95. The van der Waals surface area contributed by atoms with Crippen molar-refractivity contribution in [2.45, 2.75) is 38.9 Å². The van der Waals surface area contributed by atoms with Gasteiger partial charge in [0.2, 0.25) is 0 Å². The largest absolute Gasteiger partial charge is 0.491 e. The zero-order chi connectivity index (χ0) is 19.0. The van der Waals surface area contributed by atoms with E-state index in [2.05, 4.69) is 5.32 Å². The summed E-state index contributed by atoms with van der Waals surface area (Å²) in [4.78, 5) is 11.0. The Hall–Kier alpha value is -1.41. The highest BCUT2D eigenvalue weighted by Crippen LogP contribution is 2.39. The van der Waals surface area contributed by atoms with E-state index in [1.54, 1.807) is 13.1 Å². The van der Waals surface area contributed by atoms with Crippen LogP contribution in [0.4, 0.5) is 4.39 Å². The normalized spacial score (nSPS) is 19.3. The lowest BCUT2D eigenvalue weighted by atomic mass is 9.77. The lowest BCUT2D eigenvalue weighted by Gasteiger charge is -2.32. The molecule has 1 fully saturated rings. The highest BCUT2D eigenvalue weighted by molar-refractivity contribution is 6.56. The lowest BCUT2D eigenvalue weighted by molar-refractivity contribution is 0.00578. The van der Waals surface area contributed by atoms with E-state index in [9.17, 15) is 9.18 Å². The van der Waals surface area contributed by atoms with Crippen LogP contribution < -0.4 is 5.32 Å². The number of halogens is 2. The number of carbonyl (C=O) groups is 1. The van der Waals surface area contributed by atoms with Gasteiger partial charge < -0.3 is 19.7 Å². The highest BCUT2D eigenvalue weighted by Gasteiger charge is 2.52. The number of likely N-dealkylation sites (N-methyl/N-ethyl adjacent to an activating group) is 1. The van der Waals surface area contributed by atoms with Crippen LogP contribution >= 0.6 is 11.6 Å². The molecule has 25 heavy (non-hydrogen) atoms. The van der Waals surface area contributed by atoms with Gasteiger partial charge >= 0.3 is 13.1 Å². The number of benzene rings is 1. The Bertz CT molecular complexity index is 705. The number of nitrogens with one attached hydrogen (secondary N) is 1. The van der Waals surface area contributed by atoms with E-state index in [4.69, 9.17) is 26.0 Å². The molecule has 136 valence electrons. The molecule has 0 spiro atoms. The number of rotatable bonds is 5. The average Bonchev–Trinajstić information content (AvgIpc) is 2.70. The minimum Gasteiger partial charge on any atom is -0.478 e. The molecular weight excluding hydrogens is 347 g/mol. The summed E-state index contributed by atoms with van der Waals surface area (Å²) in [5.41, 5.74) is -0.460. The number of aromatic carboxylic acids is 1. The SMILES string of the molecule is CNCC(=Cc1cc(Cl)c(C(=O)O)cc1F)B1OC(C)(C)C(C)(C)O1. The summed E-state index contributed by atoms with van der Waals surface area (Å²) in [6.45, 7) is 8.15. The maximum absolute atomic E-state index is 14.3. The van der Waals surface area contributed by atoms with Crippen molar-refractivity contribution < 1.29 is 23.6 Å². The quantitative estimate of drug-likeness (QED) is 0.779. The second kappa shape index (κ2) is 7.07. The lowest BCUT2D eigenvalue weighted by Crippen LogP contribution is -2.41. The summed E-state index contributed by atoms with van der Waals surface area (Å²) in [6.07, 6.45) is 1.57. The van der Waals surface area contributed by atoms with Crippen molar-refractivity contribution in [2.24, 2.45) is 0 Å². The fraction of sp³-hybridized carbons (Fsp3) is 0.471. The Morgan fingerprint density at radius 2 is 1.88 bits per heavy atom. The van der Waals surface area contributed by atoms with Crippen molar-refractivity contribution in [2.75, 3.05) is 13.6 Å². The molecule has 1 aliphatic heterocycles. The third-order valence-electron chi connectivity index (χ3n) is 4.59. The zero-order valence-corrected chi connectivity index (χ0v) is 15.7. The summed E-state index contributed by atoms with van der Waals surface area (Å²) in [7, 11) is 1.12. The van der Waals surface area contributed by atoms with Crippen LogP contribution in [0.15, 0.2) is 17.6 Å². The molecule has 1 aromatic rings. The van der Waals surface area contributed by atoms with Gasteiger partial charge in [-0.2, -0.15) is 0 Å². The van der Waals surface area contributed by atoms with E-state index in [0.29, 0.717) is 12.0 Å². The molecule has 0 aliphatic carbocycles. The summed E-state index contributed by atoms with van der Waals surface area (Å²) >= 11 is 5.95. The number of carboxylic acids is 1. The third-order valence-corrected chi connectivity index (χ3v) is 4.91. The van der Waals surface area contributed by atoms with Gasteiger partial charge in [0.05, 0.1) is 21.8 Å². The number of hydrogen-bond donors (Lipinski definition) is 2. The maximum atomic E-state index is 14.3. The minimum absolute atomic E-state index is 0.0297. The topological polar surface area (TPSA) is 67.8 Å². The predicted octanol–water partition coefficient (Wildman–Crippen LogP) is 3.41. The molecule has 1 heterocycles. The van der Waals surface area contributed by atoms with Gasteiger partial charge in [0.25, 0.3) is 0 Å². The van der Waals surface area contributed by atoms with E-state index in [-0.39, 0.29) is 16.1 Å². The molecule has 1 aromatic carbocycles. The van der Waals surface area contributed by atoms with Crippen LogP contribution in [0.2, 0.25) is 5.02 Å². The molecule has 1 aliphatic rings. The Labute approximate surface area is 152 Å². The van der Waals surface area contributed by atoms with Crippen LogP contribution in [0, 0.1) is 5.82 Å². The molecule has 0 atom stereocenters. The first-order valence-corrected chi connectivity index (χ1v) is 8.29. The standard InChI is InChI=1S/C17H22BClFNO4/c1-16(2)17(3,4)25-18(24-16)11(9-21-5)6-10-7-13(19)12(15(22)23)8-14(10)20/h6-8,21H,9H2,1-5H3,(H,22,23). The summed E-state index contributed by atoms with van der Waals surface area (Å²) in [5, 5.41) is 12.0. The molecule has 0 aromatic heterocycles. The molecule has 0 unspecified atom stereocenters. The Morgan fingerprint density at radius 3 is 2.36 bits per heavy atom. The van der Waals surface area contributed by atoms with E-state index in [0.717, 1.165) is 6.07 Å². The van der Waals surface area contributed by atoms with Crippen LogP contribution in [0.5, 0.6) is 0 Å². The highest BCUT2D eigenvalue weighted by atomic mass is 35.5. The second-order valence-electron chi connectivity index (χ2n) is 7.00. The second-order valence-corrected chi connectivity index (χ2v) is 7.40. The van der Waals surface area contributed by atoms with Crippen LogP contribution in [0.1, 0.15) is 43.6 Å². The maximum Gasteiger partial charge on any atom is 0.491 e. The van der Waals surface area contributed by atoms with Crippen molar-refractivity contribution in [1.82, 2.24) is 5.32 Å². The van der Waals surface area contributed by atoms with Crippen molar-refractivity contribution in [3.63, 3.8) is 0 Å². The monoisotopic (exact) mass is 369 g/mol. The molecule has 2 rings (SSSR count). The van der Waals surface area contributed by atoms with Crippen LogP contribution in [0.25, 0.3) is 6.08 Å². The van der Waals surface area contributed by atoms with E-state index >= 15 is 0 Å². The molecule has 5 nitrogen and oxygen atoms in total. The first-order valence-electron chi connectivity index (χ1n) is 7.91. The van der Waals surface area contributed by atoms with Gasteiger partial charge in [-0.05, 0) is 52.3 Å². The molecule has 0 bridgehead atoms. The summed E-state index contributed by atoms with van der Waals surface area (Å²) in [6, 6.07) is 2.21. The van der Waals surface area contributed by atoms with Crippen molar-refractivity contribution in [1.29, 1.82) is 0 Å². The van der Waals surface area contributed by atoms with E-state index in [1.165, 1.54) is 6.07 Å². The fourth-order valence-corrected chi connectivity index (χ4v) is 2.69. The van der Waals surface area contributed by atoms with E-state index < -0.39 is 30.1 Å². The smallest absolute Gasteiger partial charge is 0.478 e. The van der Waals surface area contributed by atoms with Crippen LogP contribution in [0.3, 0.4) is 0 Å². The van der Waals surface area contributed by atoms with Gasteiger partial charge in [-0.3, -0.25) is 0 Å². The third kappa shape index (κ3) is 4.06. The average molecular weight is 370 g/mol. The number of carboxylic acid groups (broad SMARTS) is 1. The predicted molar refractivity (Wildman–Crippen MR) is 96.4 cm³/mol. The first kappa shape index (κ1) is 19.9. The minimum atomic E-state index is -1.28. The molecule has 1 saturated heterocycles. The first-order chi connectivity index (χ1) is 11.5. The van der Waals surface area contributed by atoms with Crippen molar-refractivity contribution in [3.8, 4) is 0 Å². The molecule has 8 heteroatoms. The van der Waals surface area contributed by atoms with Gasteiger partial charge in [-0.25, -0.2) is 9.18 Å². The van der Waals surface area contributed by atoms with Gasteiger partial charge in [-0.1, -0.05) is 17.7 Å². The Morgan fingerprint density at radius 1 is 1.32 bits per heavy atom. The Balaban J connectivity index is 2.42. The number of hydrogen-bond acceptors (Lipinski definition) is 4. The van der Waals surface area contributed by atoms with Gasteiger partial charge in [-0.15, -0.1) is 0 Å². The Kier molecular flexibility index (Phi) is 5.63. The fourth-order valence-electron chi connectivity index (χ4n) is 2.44. The van der Waals surface area contributed by atoms with Gasteiger partial charge in [0.1, 0.15) is 5.82 Å². The molecule has 0 saturated carbocycles. The summed E-state index contributed by atoms with van der Waals surface area (Å²) < 4.78 is 26.3. The molecule has 0 radical (unpaired) electrons. The van der Waals surface area contributed by atoms with Crippen LogP contribution in [-0.4, -0.2) is 43.0 Å². The molecular formula is C17H22BClFNO4. The van der Waals surface area contributed by atoms with Crippen molar-refractivity contribution >= 4 is 30.8 Å².